The maximum absolute atomic E-state index is 6.14. The summed E-state index contributed by atoms with van der Waals surface area (Å²) in [5.74, 6) is 0. The first kappa shape index (κ1) is 13.2. The molecule has 0 spiro atoms. The molecule has 2 nitrogen and oxygen atoms in total. The van der Waals surface area contributed by atoms with Crippen LogP contribution in [0.15, 0.2) is 47.2 Å². The molecule has 102 valence electrons. The van der Waals surface area contributed by atoms with Gasteiger partial charge in [-0.2, -0.15) is 11.3 Å². The van der Waals surface area contributed by atoms with Gasteiger partial charge in [0.25, 0.3) is 0 Å². The number of nitrogens with two attached hydrogens (primary N) is 1. The Bertz CT molecular complexity index is 731. The lowest BCUT2D eigenvalue weighted by Crippen LogP contribution is -2.14. The Hall–Kier alpha value is -1.84. The Kier molecular flexibility index (Phi) is 3.72. The average Bonchev–Trinajstić information content (AvgIpc) is 2.85. The van der Waals surface area contributed by atoms with Gasteiger partial charge in [-0.15, -0.1) is 0 Å². The summed E-state index contributed by atoms with van der Waals surface area (Å²) in [5, 5.41) is 10.3. The summed E-state index contributed by atoms with van der Waals surface area (Å²) in [4.78, 5) is 0. The quantitative estimate of drug-likeness (QED) is 0.708. The van der Waals surface area contributed by atoms with Crippen molar-refractivity contribution in [1.29, 1.82) is 0 Å². The van der Waals surface area contributed by atoms with Crippen LogP contribution in [-0.2, 0) is 13.1 Å². The van der Waals surface area contributed by atoms with E-state index >= 15 is 0 Å². The fraction of sp³-hybridized carbons (Fsp3) is 0.176. The first-order valence-electron chi connectivity index (χ1n) is 6.73. The minimum atomic E-state index is 0.798. The van der Waals surface area contributed by atoms with E-state index in [4.69, 9.17) is 5.73 Å². The van der Waals surface area contributed by atoms with Gasteiger partial charge in [-0.25, -0.2) is 0 Å². The van der Waals surface area contributed by atoms with Crippen LogP contribution in [0.2, 0.25) is 0 Å². The van der Waals surface area contributed by atoms with Crippen LogP contribution in [0, 0.1) is 6.92 Å². The van der Waals surface area contributed by atoms with Crippen LogP contribution < -0.4 is 11.1 Å². The predicted octanol–water partition coefficient (Wildman–Crippen LogP) is 4.08. The van der Waals surface area contributed by atoms with Crippen molar-refractivity contribution < 1.29 is 0 Å². The van der Waals surface area contributed by atoms with Crippen LogP contribution in [0.25, 0.3) is 10.8 Å². The van der Waals surface area contributed by atoms with E-state index in [0.717, 1.165) is 24.3 Å². The molecule has 1 aromatic heterocycles. The van der Waals surface area contributed by atoms with E-state index in [1.54, 1.807) is 11.3 Å². The minimum Gasteiger partial charge on any atom is -0.398 e. The molecule has 0 bridgehead atoms. The summed E-state index contributed by atoms with van der Waals surface area (Å²) < 4.78 is 0. The fourth-order valence-electron chi connectivity index (χ4n) is 2.36. The molecule has 3 rings (SSSR count). The fourth-order valence-corrected chi connectivity index (χ4v) is 3.21. The molecular weight excluding hydrogens is 264 g/mol. The lowest BCUT2D eigenvalue weighted by Gasteiger charge is -2.09. The standard InChI is InChI=1S/C17H18N2S/c1-12-10-20-11-16(12)9-19-8-15-6-13-4-2-3-5-14(13)7-17(15)18/h2-7,10-11,19H,8-9,18H2,1H3. The predicted molar refractivity (Wildman–Crippen MR) is 88.0 cm³/mol. The molecule has 1 heterocycles. The molecule has 0 saturated carbocycles. The van der Waals surface area contributed by atoms with Crippen molar-refractivity contribution in [3.8, 4) is 0 Å². The van der Waals surface area contributed by atoms with E-state index in [1.165, 1.54) is 21.9 Å². The maximum atomic E-state index is 6.14. The summed E-state index contributed by atoms with van der Waals surface area (Å²) in [7, 11) is 0. The molecule has 0 unspecified atom stereocenters. The van der Waals surface area contributed by atoms with Gasteiger partial charge in [-0.05, 0) is 57.3 Å². The highest BCUT2D eigenvalue weighted by molar-refractivity contribution is 7.08. The molecule has 0 aliphatic heterocycles. The lowest BCUT2D eigenvalue weighted by molar-refractivity contribution is 0.694. The summed E-state index contributed by atoms with van der Waals surface area (Å²) in [6.45, 7) is 3.84. The van der Waals surface area contributed by atoms with Crippen molar-refractivity contribution >= 4 is 27.8 Å². The van der Waals surface area contributed by atoms with E-state index in [-0.39, 0.29) is 0 Å². The molecule has 0 aliphatic carbocycles. The molecular formula is C17H18N2S. The number of rotatable bonds is 4. The van der Waals surface area contributed by atoms with Crippen molar-refractivity contribution in [2.45, 2.75) is 20.0 Å². The number of hydrogen-bond donors (Lipinski definition) is 2. The van der Waals surface area contributed by atoms with Crippen LogP contribution in [0.4, 0.5) is 5.69 Å². The van der Waals surface area contributed by atoms with E-state index in [0.29, 0.717) is 0 Å². The zero-order chi connectivity index (χ0) is 13.9. The van der Waals surface area contributed by atoms with Crippen molar-refractivity contribution in [3.63, 3.8) is 0 Å². The van der Waals surface area contributed by atoms with Gasteiger partial charge in [-0.1, -0.05) is 24.3 Å². The van der Waals surface area contributed by atoms with Gasteiger partial charge in [0.15, 0.2) is 0 Å². The largest absolute Gasteiger partial charge is 0.398 e. The number of nitrogens with one attached hydrogen (secondary N) is 1. The van der Waals surface area contributed by atoms with Crippen molar-refractivity contribution in [2.24, 2.45) is 0 Å². The highest BCUT2D eigenvalue weighted by Crippen LogP contribution is 2.22. The SMILES string of the molecule is Cc1cscc1CNCc1cc2ccccc2cc1N. The molecule has 3 aromatic rings. The van der Waals surface area contributed by atoms with Gasteiger partial charge >= 0.3 is 0 Å². The molecule has 0 fully saturated rings. The van der Waals surface area contributed by atoms with Gasteiger partial charge < -0.3 is 11.1 Å². The van der Waals surface area contributed by atoms with E-state index in [2.05, 4.69) is 53.3 Å². The third-order valence-corrected chi connectivity index (χ3v) is 4.51. The van der Waals surface area contributed by atoms with Gasteiger partial charge in [0, 0.05) is 18.8 Å². The normalized spacial score (nSPS) is 11.1. The Morgan fingerprint density at radius 2 is 1.70 bits per heavy atom. The van der Waals surface area contributed by atoms with Gasteiger partial charge in [0.05, 0.1) is 0 Å². The summed E-state index contributed by atoms with van der Waals surface area (Å²) in [6, 6.07) is 12.6. The van der Waals surface area contributed by atoms with Crippen molar-refractivity contribution in [2.75, 3.05) is 5.73 Å². The Labute approximate surface area is 123 Å². The van der Waals surface area contributed by atoms with Crippen molar-refractivity contribution in [3.05, 3.63) is 63.8 Å². The number of anilines is 1. The summed E-state index contributed by atoms with van der Waals surface area (Å²) in [5.41, 5.74) is 10.9. The topological polar surface area (TPSA) is 38.0 Å². The molecule has 3 heteroatoms. The summed E-state index contributed by atoms with van der Waals surface area (Å²) >= 11 is 1.75. The third kappa shape index (κ3) is 2.69. The summed E-state index contributed by atoms with van der Waals surface area (Å²) in [6.07, 6.45) is 0. The zero-order valence-corrected chi connectivity index (χ0v) is 12.3. The number of benzene rings is 2. The Morgan fingerprint density at radius 1 is 1.00 bits per heavy atom. The van der Waals surface area contributed by atoms with Gasteiger partial charge in [0.2, 0.25) is 0 Å². The maximum Gasteiger partial charge on any atom is 0.0366 e. The molecule has 20 heavy (non-hydrogen) atoms. The van der Waals surface area contributed by atoms with E-state index < -0.39 is 0 Å². The number of nitrogen functional groups attached to an aromatic ring is 1. The smallest absolute Gasteiger partial charge is 0.0366 e. The molecule has 0 saturated heterocycles. The second-order valence-corrected chi connectivity index (χ2v) is 5.83. The van der Waals surface area contributed by atoms with E-state index in [1.807, 2.05) is 6.07 Å². The lowest BCUT2D eigenvalue weighted by atomic mass is 10.0. The van der Waals surface area contributed by atoms with Crippen LogP contribution in [0.5, 0.6) is 0 Å². The minimum absolute atomic E-state index is 0.798. The van der Waals surface area contributed by atoms with E-state index in [9.17, 15) is 0 Å². The number of hydrogen-bond acceptors (Lipinski definition) is 3. The van der Waals surface area contributed by atoms with Gasteiger partial charge in [-0.3, -0.25) is 0 Å². The molecule has 0 amide bonds. The van der Waals surface area contributed by atoms with Crippen LogP contribution in [-0.4, -0.2) is 0 Å². The second-order valence-electron chi connectivity index (χ2n) is 5.08. The molecule has 3 N–H and O–H groups in total. The first-order valence-corrected chi connectivity index (χ1v) is 7.68. The van der Waals surface area contributed by atoms with Gasteiger partial charge in [0.1, 0.15) is 0 Å². The Balaban J connectivity index is 1.74. The first-order chi connectivity index (χ1) is 9.74. The highest BCUT2D eigenvalue weighted by atomic mass is 32.1. The number of fused-ring (bicyclic) bond motifs is 1. The molecule has 0 atom stereocenters. The molecule has 2 aromatic carbocycles. The average molecular weight is 282 g/mol. The molecule has 0 aliphatic rings. The van der Waals surface area contributed by atoms with Crippen LogP contribution >= 0.6 is 11.3 Å². The number of thiophene rings is 1. The molecule has 0 radical (unpaired) electrons. The Morgan fingerprint density at radius 3 is 2.40 bits per heavy atom. The van der Waals surface area contributed by atoms with Crippen molar-refractivity contribution in [1.82, 2.24) is 5.32 Å². The third-order valence-electron chi connectivity index (χ3n) is 3.60. The second kappa shape index (κ2) is 5.65. The number of aryl methyl sites for hydroxylation is 1. The van der Waals surface area contributed by atoms with Crippen LogP contribution in [0.1, 0.15) is 16.7 Å². The zero-order valence-electron chi connectivity index (χ0n) is 11.5. The van der Waals surface area contributed by atoms with Crippen LogP contribution in [0.3, 0.4) is 0 Å². The highest BCUT2D eigenvalue weighted by Gasteiger charge is 2.03. The monoisotopic (exact) mass is 282 g/mol.